The summed E-state index contributed by atoms with van der Waals surface area (Å²) in [7, 11) is 2.93. The lowest BCUT2D eigenvalue weighted by molar-refractivity contribution is -0.140. The summed E-state index contributed by atoms with van der Waals surface area (Å²) in [5.41, 5.74) is 0.685. The molecule has 0 saturated carbocycles. The minimum absolute atomic E-state index is 0.115. The van der Waals surface area contributed by atoms with Crippen LogP contribution in [0.25, 0.3) is 0 Å². The fourth-order valence-electron chi connectivity index (χ4n) is 1.69. The number of benzene rings is 1. The maximum Gasteiger partial charge on any atom is 0.316 e. The number of likely N-dealkylation sites (N-methyl/N-ethyl adjacent to an activating group) is 1. The van der Waals surface area contributed by atoms with Gasteiger partial charge in [-0.3, -0.25) is 9.59 Å². The summed E-state index contributed by atoms with van der Waals surface area (Å²) in [6, 6.07) is 9.04. The normalized spacial score (nSPS) is 10.4. The smallest absolute Gasteiger partial charge is 0.316 e. The molecule has 0 aliphatic heterocycles. The zero-order valence-electron chi connectivity index (χ0n) is 12.0. The number of nitrogens with zero attached hydrogens (tertiary/aromatic N) is 1. The Kier molecular flexibility index (Phi) is 6.69. The Morgan fingerprint density at radius 1 is 1.20 bits per heavy atom. The third-order valence-corrected chi connectivity index (χ3v) is 2.78. The molecular formula is C14H20N2O4. The van der Waals surface area contributed by atoms with Crippen molar-refractivity contribution in [1.82, 2.24) is 5.32 Å². The average Bonchev–Trinajstić information content (AvgIpc) is 2.49. The lowest BCUT2D eigenvalue weighted by Gasteiger charge is -2.21. The highest BCUT2D eigenvalue weighted by Crippen LogP contribution is 2.12. The standard InChI is InChI=1S/C14H20N2O4/c1-4-16(11-8-6-5-7-9-11)14(18)13(17)15-10-12(19-2)20-3/h5-9,12H,4,10H2,1-3H3,(H,15,17). The zero-order valence-corrected chi connectivity index (χ0v) is 12.0. The first-order chi connectivity index (χ1) is 9.63. The van der Waals surface area contributed by atoms with Gasteiger partial charge in [0.05, 0.1) is 6.54 Å². The number of anilines is 1. The molecule has 0 atom stereocenters. The molecule has 6 heteroatoms. The van der Waals surface area contributed by atoms with Gasteiger partial charge in [0.1, 0.15) is 0 Å². The van der Waals surface area contributed by atoms with Crippen molar-refractivity contribution >= 4 is 17.5 Å². The Morgan fingerprint density at radius 2 is 1.80 bits per heavy atom. The molecule has 110 valence electrons. The second-order valence-corrected chi connectivity index (χ2v) is 4.00. The van der Waals surface area contributed by atoms with Crippen LogP contribution < -0.4 is 10.2 Å². The highest BCUT2D eigenvalue weighted by molar-refractivity contribution is 6.40. The number of nitrogens with one attached hydrogen (secondary N) is 1. The number of carbonyl (C=O) groups excluding carboxylic acids is 2. The fraction of sp³-hybridized carbons (Fsp3) is 0.429. The van der Waals surface area contributed by atoms with Crippen LogP contribution in [-0.2, 0) is 19.1 Å². The summed E-state index contributed by atoms with van der Waals surface area (Å²) in [4.78, 5) is 25.3. The van der Waals surface area contributed by atoms with Crippen molar-refractivity contribution in [2.45, 2.75) is 13.2 Å². The van der Waals surface area contributed by atoms with E-state index in [2.05, 4.69) is 5.32 Å². The van der Waals surface area contributed by atoms with Crippen LogP contribution in [0, 0.1) is 0 Å². The summed E-state index contributed by atoms with van der Waals surface area (Å²) >= 11 is 0. The Bertz CT molecular complexity index is 432. The summed E-state index contributed by atoms with van der Waals surface area (Å²) in [5.74, 6) is -1.29. The third kappa shape index (κ3) is 4.32. The number of hydrogen-bond donors (Lipinski definition) is 1. The lowest BCUT2D eigenvalue weighted by Crippen LogP contribution is -2.45. The average molecular weight is 280 g/mol. The van der Waals surface area contributed by atoms with Gasteiger partial charge < -0.3 is 19.7 Å². The first kappa shape index (κ1) is 16.1. The maximum absolute atomic E-state index is 12.1. The predicted octanol–water partition coefficient (Wildman–Crippen LogP) is 0.775. The van der Waals surface area contributed by atoms with Gasteiger partial charge in [-0.25, -0.2) is 0 Å². The van der Waals surface area contributed by atoms with Crippen molar-refractivity contribution in [1.29, 1.82) is 0 Å². The Morgan fingerprint density at radius 3 is 2.30 bits per heavy atom. The zero-order chi connectivity index (χ0) is 15.0. The van der Waals surface area contributed by atoms with Crippen LogP contribution in [0.5, 0.6) is 0 Å². The molecule has 1 aromatic rings. The van der Waals surface area contributed by atoms with E-state index in [0.717, 1.165) is 0 Å². The van der Waals surface area contributed by atoms with Crippen molar-refractivity contribution < 1.29 is 19.1 Å². The van der Waals surface area contributed by atoms with Gasteiger partial charge in [0.25, 0.3) is 0 Å². The third-order valence-electron chi connectivity index (χ3n) is 2.78. The second kappa shape index (κ2) is 8.29. The van der Waals surface area contributed by atoms with Crippen LogP contribution in [0.2, 0.25) is 0 Å². The van der Waals surface area contributed by atoms with Gasteiger partial charge in [-0.15, -0.1) is 0 Å². The molecule has 6 nitrogen and oxygen atoms in total. The molecule has 0 radical (unpaired) electrons. The van der Waals surface area contributed by atoms with Gasteiger partial charge in [0.2, 0.25) is 0 Å². The van der Waals surface area contributed by atoms with Crippen molar-refractivity contribution in [2.75, 3.05) is 32.2 Å². The van der Waals surface area contributed by atoms with Gasteiger partial charge in [-0.05, 0) is 19.1 Å². The Labute approximate surface area is 118 Å². The number of hydrogen-bond acceptors (Lipinski definition) is 4. The lowest BCUT2D eigenvalue weighted by atomic mass is 10.3. The van der Waals surface area contributed by atoms with Gasteiger partial charge in [0.15, 0.2) is 6.29 Å². The summed E-state index contributed by atoms with van der Waals surface area (Å²) in [5, 5.41) is 2.49. The van der Waals surface area contributed by atoms with E-state index in [0.29, 0.717) is 12.2 Å². The maximum atomic E-state index is 12.1. The molecule has 0 spiro atoms. The summed E-state index contributed by atoms with van der Waals surface area (Å²) < 4.78 is 9.88. The number of para-hydroxylation sites is 1. The number of amides is 2. The summed E-state index contributed by atoms with van der Waals surface area (Å²) in [6.45, 7) is 2.34. The monoisotopic (exact) mass is 280 g/mol. The van der Waals surface area contributed by atoms with E-state index < -0.39 is 18.1 Å². The highest BCUT2D eigenvalue weighted by atomic mass is 16.7. The van der Waals surface area contributed by atoms with E-state index in [1.807, 2.05) is 25.1 Å². The number of methoxy groups -OCH3 is 2. The van der Waals surface area contributed by atoms with E-state index in [9.17, 15) is 9.59 Å². The first-order valence-corrected chi connectivity index (χ1v) is 6.34. The number of carbonyl (C=O) groups is 2. The van der Waals surface area contributed by atoms with Crippen LogP contribution in [0.3, 0.4) is 0 Å². The van der Waals surface area contributed by atoms with Gasteiger partial charge >= 0.3 is 11.8 Å². The number of rotatable bonds is 6. The Hall–Kier alpha value is -1.92. The SMILES string of the molecule is CCN(C(=O)C(=O)NCC(OC)OC)c1ccccc1. The molecule has 0 fully saturated rings. The molecule has 2 amide bonds. The molecular weight excluding hydrogens is 260 g/mol. The minimum Gasteiger partial charge on any atom is -0.354 e. The minimum atomic E-state index is -0.685. The summed E-state index contributed by atoms with van der Waals surface area (Å²) in [6.07, 6.45) is -0.571. The van der Waals surface area contributed by atoms with Crippen LogP contribution in [0.1, 0.15) is 6.92 Å². The molecule has 0 aromatic heterocycles. The molecule has 0 unspecified atom stereocenters. The molecule has 0 aliphatic rings. The fourth-order valence-corrected chi connectivity index (χ4v) is 1.69. The van der Waals surface area contributed by atoms with Gasteiger partial charge in [-0.2, -0.15) is 0 Å². The van der Waals surface area contributed by atoms with Gasteiger partial charge in [-0.1, -0.05) is 18.2 Å². The first-order valence-electron chi connectivity index (χ1n) is 6.34. The van der Waals surface area contributed by atoms with E-state index in [-0.39, 0.29) is 6.54 Å². The van der Waals surface area contributed by atoms with Crippen LogP contribution in [-0.4, -0.2) is 45.4 Å². The second-order valence-electron chi connectivity index (χ2n) is 4.00. The van der Waals surface area contributed by atoms with Gasteiger partial charge in [0, 0.05) is 26.5 Å². The molecule has 0 aliphatic carbocycles. The number of ether oxygens (including phenoxy) is 2. The molecule has 0 heterocycles. The highest BCUT2D eigenvalue weighted by Gasteiger charge is 2.22. The molecule has 1 rings (SSSR count). The predicted molar refractivity (Wildman–Crippen MR) is 75.3 cm³/mol. The molecule has 1 N–H and O–H groups in total. The molecule has 1 aromatic carbocycles. The van der Waals surface area contributed by atoms with Crippen LogP contribution in [0.15, 0.2) is 30.3 Å². The van der Waals surface area contributed by atoms with Crippen molar-refractivity contribution in [3.05, 3.63) is 30.3 Å². The molecule has 0 saturated heterocycles. The Balaban J connectivity index is 2.65. The van der Waals surface area contributed by atoms with E-state index in [1.165, 1.54) is 19.1 Å². The topological polar surface area (TPSA) is 67.9 Å². The van der Waals surface area contributed by atoms with Crippen LogP contribution in [0.4, 0.5) is 5.69 Å². The van der Waals surface area contributed by atoms with Crippen LogP contribution >= 0.6 is 0 Å². The molecule has 0 bridgehead atoms. The van der Waals surface area contributed by atoms with Crippen molar-refractivity contribution in [3.8, 4) is 0 Å². The van der Waals surface area contributed by atoms with E-state index in [1.54, 1.807) is 12.1 Å². The molecule has 20 heavy (non-hydrogen) atoms. The van der Waals surface area contributed by atoms with E-state index >= 15 is 0 Å². The van der Waals surface area contributed by atoms with Crippen molar-refractivity contribution in [3.63, 3.8) is 0 Å². The van der Waals surface area contributed by atoms with E-state index in [4.69, 9.17) is 9.47 Å². The quantitative estimate of drug-likeness (QED) is 0.617. The van der Waals surface area contributed by atoms with Crippen molar-refractivity contribution in [2.24, 2.45) is 0 Å². The largest absolute Gasteiger partial charge is 0.354 e.